The Morgan fingerprint density at radius 2 is 1.78 bits per heavy atom. The van der Waals surface area contributed by atoms with Crippen LogP contribution in [0.5, 0.6) is 5.75 Å². The van der Waals surface area contributed by atoms with Gasteiger partial charge in [-0.15, -0.1) is 0 Å². The van der Waals surface area contributed by atoms with Crippen LogP contribution in [0, 0.1) is 11.7 Å². The van der Waals surface area contributed by atoms with Crippen LogP contribution in [0.15, 0.2) is 54.6 Å². The van der Waals surface area contributed by atoms with E-state index in [1.165, 1.54) is 13.2 Å². The second kappa shape index (κ2) is 12.9. The number of hydrogen-bond acceptors (Lipinski definition) is 6. The molecule has 2 heterocycles. The van der Waals surface area contributed by atoms with Gasteiger partial charge in [-0.05, 0) is 43.5 Å². The van der Waals surface area contributed by atoms with Gasteiger partial charge in [-0.1, -0.05) is 42.5 Å². The van der Waals surface area contributed by atoms with Gasteiger partial charge in [-0.2, -0.15) is 0 Å². The van der Waals surface area contributed by atoms with Crippen molar-refractivity contribution in [1.82, 2.24) is 9.80 Å². The number of piperazine rings is 1. The average molecular weight is 496 g/mol. The molecule has 0 bridgehead atoms. The van der Waals surface area contributed by atoms with Crippen molar-refractivity contribution in [1.29, 1.82) is 0 Å². The van der Waals surface area contributed by atoms with Crippen molar-refractivity contribution in [2.75, 3.05) is 64.9 Å². The molecule has 2 aromatic carbocycles. The Morgan fingerprint density at radius 3 is 2.53 bits per heavy atom. The number of rotatable bonds is 9. The molecule has 2 fully saturated rings. The molecule has 0 radical (unpaired) electrons. The van der Waals surface area contributed by atoms with Gasteiger partial charge < -0.3 is 14.4 Å². The molecule has 0 N–H and O–H groups in total. The molecule has 0 unspecified atom stereocenters. The fourth-order valence-corrected chi connectivity index (χ4v) is 5.57. The van der Waals surface area contributed by atoms with Crippen LogP contribution in [0.1, 0.15) is 24.8 Å². The molecule has 2 atom stereocenters. The first-order valence-electron chi connectivity index (χ1n) is 12.9. The van der Waals surface area contributed by atoms with Crippen molar-refractivity contribution in [3.05, 3.63) is 66.0 Å². The molecule has 2 aromatic rings. The molecule has 0 saturated carbocycles. The summed E-state index contributed by atoms with van der Waals surface area (Å²) in [4.78, 5) is 19.1. The third kappa shape index (κ3) is 6.65. The zero-order valence-corrected chi connectivity index (χ0v) is 21.4. The number of nitrogens with zero attached hydrogens (tertiary/aromatic N) is 3. The van der Waals surface area contributed by atoms with Gasteiger partial charge in [0.1, 0.15) is 11.6 Å². The lowest BCUT2D eigenvalue weighted by molar-refractivity contribution is -0.141. The predicted octanol–water partition coefficient (Wildman–Crippen LogP) is 4.31. The molecule has 4 rings (SSSR count). The molecule has 0 aliphatic carbocycles. The Bertz CT molecular complexity index is 1020. The first-order valence-corrected chi connectivity index (χ1v) is 12.9. The van der Waals surface area contributed by atoms with Crippen LogP contribution in [0.25, 0.3) is 6.08 Å². The van der Waals surface area contributed by atoms with Gasteiger partial charge in [0.05, 0.1) is 19.9 Å². The molecule has 194 valence electrons. The lowest BCUT2D eigenvalue weighted by Crippen LogP contribution is -2.57. The van der Waals surface area contributed by atoms with E-state index in [2.05, 4.69) is 32.9 Å². The van der Waals surface area contributed by atoms with E-state index < -0.39 is 0 Å². The molecule has 7 heteroatoms. The first-order chi connectivity index (χ1) is 17.6. The summed E-state index contributed by atoms with van der Waals surface area (Å²) in [6.07, 6.45) is 6.64. The minimum atomic E-state index is -0.156. The van der Waals surface area contributed by atoms with E-state index in [0.29, 0.717) is 24.1 Å². The smallest absolute Gasteiger partial charge is 0.305 e. The Morgan fingerprint density at radius 1 is 1.03 bits per heavy atom. The quantitative estimate of drug-likeness (QED) is 0.483. The maximum Gasteiger partial charge on any atom is 0.305 e. The minimum absolute atomic E-state index is 0.147. The van der Waals surface area contributed by atoms with Crippen LogP contribution < -0.4 is 9.64 Å². The van der Waals surface area contributed by atoms with E-state index in [1.54, 1.807) is 13.2 Å². The number of halogens is 1. The average Bonchev–Trinajstić information content (AvgIpc) is 2.92. The number of anilines is 1. The van der Waals surface area contributed by atoms with Gasteiger partial charge in [-0.25, -0.2) is 4.39 Å². The van der Waals surface area contributed by atoms with Gasteiger partial charge in [-0.3, -0.25) is 14.6 Å². The third-order valence-corrected chi connectivity index (χ3v) is 7.50. The maximum atomic E-state index is 14.3. The number of carbonyl (C=O) groups is 1. The normalized spacial score (nSPS) is 21.6. The van der Waals surface area contributed by atoms with Crippen LogP contribution in [-0.4, -0.2) is 81.8 Å². The van der Waals surface area contributed by atoms with Gasteiger partial charge >= 0.3 is 5.97 Å². The highest BCUT2D eigenvalue weighted by molar-refractivity contribution is 5.69. The SMILES string of the molecule is COC(=O)CC[C@@H]1CN(C/C=C/c2ccccc2OC)CC[C@@H]1N1CCN(c2ccccc2F)CC1. The van der Waals surface area contributed by atoms with Crippen molar-refractivity contribution in [2.24, 2.45) is 5.92 Å². The maximum absolute atomic E-state index is 14.3. The van der Waals surface area contributed by atoms with Crippen LogP contribution >= 0.6 is 0 Å². The first kappa shape index (κ1) is 26.2. The molecule has 2 aliphatic rings. The molecule has 2 aliphatic heterocycles. The van der Waals surface area contributed by atoms with E-state index in [9.17, 15) is 9.18 Å². The van der Waals surface area contributed by atoms with Gasteiger partial charge in [0.25, 0.3) is 0 Å². The monoisotopic (exact) mass is 495 g/mol. The van der Waals surface area contributed by atoms with E-state index in [-0.39, 0.29) is 11.8 Å². The topological polar surface area (TPSA) is 45.2 Å². The van der Waals surface area contributed by atoms with E-state index in [1.807, 2.05) is 30.3 Å². The molecule has 6 nitrogen and oxygen atoms in total. The van der Waals surface area contributed by atoms with Crippen molar-refractivity contribution in [2.45, 2.75) is 25.3 Å². The van der Waals surface area contributed by atoms with Crippen molar-refractivity contribution in [3.63, 3.8) is 0 Å². The van der Waals surface area contributed by atoms with Crippen LogP contribution in [0.3, 0.4) is 0 Å². The van der Waals surface area contributed by atoms with Crippen LogP contribution in [0.4, 0.5) is 10.1 Å². The fraction of sp³-hybridized carbons (Fsp3) is 0.483. The fourth-order valence-electron chi connectivity index (χ4n) is 5.57. The van der Waals surface area contributed by atoms with E-state index >= 15 is 0 Å². The zero-order valence-electron chi connectivity index (χ0n) is 21.4. The Balaban J connectivity index is 1.36. The number of hydrogen-bond donors (Lipinski definition) is 0. The summed E-state index contributed by atoms with van der Waals surface area (Å²) in [6, 6.07) is 15.5. The van der Waals surface area contributed by atoms with Gasteiger partial charge in [0, 0.05) is 57.3 Å². The summed E-state index contributed by atoms with van der Waals surface area (Å²) < 4.78 is 24.7. The van der Waals surface area contributed by atoms with E-state index in [0.717, 1.165) is 70.0 Å². The molecule has 0 amide bonds. The predicted molar refractivity (Wildman–Crippen MR) is 142 cm³/mol. The third-order valence-electron chi connectivity index (χ3n) is 7.50. The summed E-state index contributed by atoms with van der Waals surface area (Å²) in [6.45, 7) is 6.26. The Hall–Kier alpha value is -2.90. The van der Waals surface area contributed by atoms with Gasteiger partial charge in [0.15, 0.2) is 0 Å². The number of methoxy groups -OCH3 is 2. The summed E-state index contributed by atoms with van der Waals surface area (Å²) in [7, 11) is 3.15. The molecular weight excluding hydrogens is 457 g/mol. The number of para-hydroxylation sites is 2. The number of ether oxygens (including phenoxy) is 2. The standard InChI is InChI=1S/C29H38FN3O3/c1-35-28-12-6-3-8-23(28)9-7-16-31-17-15-26(24(22-31)13-14-29(34)36-2)32-18-20-33(21-19-32)27-11-5-4-10-25(27)30/h3-12,24,26H,13-22H2,1-2H3/b9-7+/t24-,26+/m1/s1. The summed E-state index contributed by atoms with van der Waals surface area (Å²) in [5.41, 5.74) is 1.76. The second-order valence-corrected chi connectivity index (χ2v) is 9.61. The zero-order chi connectivity index (χ0) is 25.3. The largest absolute Gasteiger partial charge is 0.496 e. The highest BCUT2D eigenvalue weighted by Crippen LogP contribution is 2.29. The summed E-state index contributed by atoms with van der Waals surface area (Å²) >= 11 is 0. The van der Waals surface area contributed by atoms with Crippen molar-refractivity contribution < 1.29 is 18.7 Å². The molecule has 0 aromatic heterocycles. The van der Waals surface area contributed by atoms with Crippen molar-refractivity contribution >= 4 is 17.7 Å². The molecule has 0 spiro atoms. The molecule has 2 saturated heterocycles. The molecule has 36 heavy (non-hydrogen) atoms. The molecular formula is C29H38FN3O3. The Kier molecular flexibility index (Phi) is 9.36. The highest BCUT2D eigenvalue weighted by Gasteiger charge is 2.35. The lowest BCUT2D eigenvalue weighted by atomic mass is 9.86. The number of likely N-dealkylation sites (tertiary alicyclic amines) is 1. The van der Waals surface area contributed by atoms with E-state index in [4.69, 9.17) is 9.47 Å². The van der Waals surface area contributed by atoms with Crippen LogP contribution in [0.2, 0.25) is 0 Å². The number of piperidine rings is 1. The summed E-state index contributed by atoms with van der Waals surface area (Å²) in [5, 5.41) is 0. The highest BCUT2D eigenvalue weighted by atomic mass is 19.1. The number of carbonyl (C=O) groups excluding carboxylic acids is 1. The van der Waals surface area contributed by atoms with Gasteiger partial charge in [0.2, 0.25) is 0 Å². The second-order valence-electron chi connectivity index (χ2n) is 9.61. The van der Waals surface area contributed by atoms with Crippen molar-refractivity contribution in [3.8, 4) is 5.75 Å². The number of esters is 1. The Labute approximate surface area is 214 Å². The summed E-state index contributed by atoms with van der Waals surface area (Å²) in [5.74, 6) is 0.957. The number of benzene rings is 2. The van der Waals surface area contributed by atoms with Crippen LogP contribution in [-0.2, 0) is 9.53 Å². The lowest BCUT2D eigenvalue weighted by Gasteiger charge is -2.47. The minimum Gasteiger partial charge on any atom is -0.496 e.